The maximum absolute atomic E-state index is 13.5. The Hall–Kier alpha value is -2.21. The SMILES string of the molecule is COC(=O)c1ccc(C(O)Cc2c(F)cccc2F)o1. The molecule has 1 heterocycles. The lowest BCUT2D eigenvalue weighted by Crippen LogP contribution is -2.05. The summed E-state index contributed by atoms with van der Waals surface area (Å²) >= 11 is 0. The van der Waals surface area contributed by atoms with E-state index < -0.39 is 23.7 Å². The van der Waals surface area contributed by atoms with Crippen LogP contribution in [0.4, 0.5) is 8.78 Å². The zero-order chi connectivity index (χ0) is 14.7. The van der Waals surface area contributed by atoms with Crippen LogP contribution >= 0.6 is 0 Å². The molecular formula is C14H12F2O4. The summed E-state index contributed by atoms with van der Waals surface area (Å²) < 4.78 is 36.4. The minimum absolute atomic E-state index is 0.0352. The highest BCUT2D eigenvalue weighted by Gasteiger charge is 2.20. The zero-order valence-corrected chi connectivity index (χ0v) is 10.6. The van der Waals surface area contributed by atoms with Gasteiger partial charge in [-0.2, -0.15) is 0 Å². The molecule has 0 amide bonds. The molecule has 0 aliphatic heterocycles. The number of esters is 1. The normalized spacial score (nSPS) is 12.2. The number of rotatable bonds is 4. The van der Waals surface area contributed by atoms with Gasteiger partial charge in [-0.05, 0) is 24.3 Å². The molecule has 0 bridgehead atoms. The Kier molecular flexibility index (Phi) is 4.14. The van der Waals surface area contributed by atoms with Gasteiger partial charge in [-0.3, -0.25) is 0 Å². The predicted molar refractivity (Wildman–Crippen MR) is 65.1 cm³/mol. The fourth-order valence-corrected chi connectivity index (χ4v) is 1.76. The summed E-state index contributed by atoms with van der Waals surface area (Å²) in [5, 5.41) is 9.91. The van der Waals surface area contributed by atoms with Crippen LogP contribution in [0.15, 0.2) is 34.7 Å². The number of furan rings is 1. The summed E-state index contributed by atoms with van der Waals surface area (Å²) in [4.78, 5) is 11.2. The zero-order valence-electron chi connectivity index (χ0n) is 10.6. The highest BCUT2D eigenvalue weighted by Crippen LogP contribution is 2.24. The van der Waals surface area contributed by atoms with E-state index in [0.717, 1.165) is 12.1 Å². The lowest BCUT2D eigenvalue weighted by atomic mass is 10.1. The van der Waals surface area contributed by atoms with Gasteiger partial charge in [0.25, 0.3) is 0 Å². The van der Waals surface area contributed by atoms with E-state index in [2.05, 4.69) is 4.74 Å². The van der Waals surface area contributed by atoms with Crippen molar-refractivity contribution in [3.05, 3.63) is 59.1 Å². The van der Waals surface area contributed by atoms with Crippen molar-refractivity contribution in [3.63, 3.8) is 0 Å². The lowest BCUT2D eigenvalue weighted by molar-refractivity contribution is 0.0554. The summed E-state index contributed by atoms with van der Waals surface area (Å²) in [6.45, 7) is 0. The van der Waals surface area contributed by atoms with E-state index in [1.807, 2.05) is 0 Å². The molecule has 1 unspecified atom stereocenters. The quantitative estimate of drug-likeness (QED) is 0.876. The molecule has 0 saturated heterocycles. The third-order valence-electron chi connectivity index (χ3n) is 2.80. The Morgan fingerprint density at radius 3 is 2.55 bits per heavy atom. The molecule has 106 valence electrons. The molecule has 2 rings (SSSR count). The van der Waals surface area contributed by atoms with E-state index in [-0.39, 0.29) is 23.5 Å². The lowest BCUT2D eigenvalue weighted by Gasteiger charge is -2.09. The third kappa shape index (κ3) is 2.85. The van der Waals surface area contributed by atoms with Gasteiger partial charge in [0.15, 0.2) is 0 Å². The topological polar surface area (TPSA) is 59.7 Å². The first-order chi connectivity index (χ1) is 9.52. The fraction of sp³-hybridized carbons (Fsp3) is 0.214. The van der Waals surface area contributed by atoms with Crippen LogP contribution in [-0.4, -0.2) is 18.2 Å². The number of hydrogen-bond acceptors (Lipinski definition) is 4. The van der Waals surface area contributed by atoms with Crippen molar-refractivity contribution >= 4 is 5.97 Å². The van der Waals surface area contributed by atoms with Crippen molar-refractivity contribution in [1.82, 2.24) is 0 Å². The molecule has 0 radical (unpaired) electrons. The average molecular weight is 282 g/mol. The second-order valence-corrected chi connectivity index (χ2v) is 4.11. The van der Waals surface area contributed by atoms with Crippen LogP contribution < -0.4 is 0 Å². The fourth-order valence-electron chi connectivity index (χ4n) is 1.76. The molecule has 20 heavy (non-hydrogen) atoms. The molecule has 0 spiro atoms. The van der Waals surface area contributed by atoms with Crippen molar-refractivity contribution in [1.29, 1.82) is 0 Å². The summed E-state index contributed by atoms with van der Waals surface area (Å²) in [6.07, 6.45) is -1.56. The Bertz CT molecular complexity index is 601. The van der Waals surface area contributed by atoms with Gasteiger partial charge in [0.1, 0.15) is 23.5 Å². The van der Waals surface area contributed by atoms with Gasteiger partial charge in [0.2, 0.25) is 5.76 Å². The maximum Gasteiger partial charge on any atom is 0.373 e. The Labute approximate surface area is 113 Å². The molecule has 0 fully saturated rings. The van der Waals surface area contributed by atoms with Crippen LogP contribution in [0.5, 0.6) is 0 Å². The first-order valence-electron chi connectivity index (χ1n) is 5.82. The van der Waals surface area contributed by atoms with E-state index >= 15 is 0 Å². The van der Waals surface area contributed by atoms with E-state index in [4.69, 9.17) is 4.42 Å². The summed E-state index contributed by atoms with van der Waals surface area (Å²) in [5.41, 5.74) is -0.240. The maximum atomic E-state index is 13.5. The average Bonchev–Trinajstić information content (AvgIpc) is 2.92. The minimum Gasteiger partial charge on any atom is -0.463 e. The van der Waals surface area contributed by atoms with Crippen LogP contribution in [0.25, 0.3) is 0 Å². The standard InChI is InChI=1S/C14H12F2O4/c1-19-14(18)13-6-5-12(20-13)11(17)7-8-9(15)3-2-4-10(8)16/h2-6,11,17H,7H2,1H3. The van der Waals surface area contributed by atoms with Crippen molar-refractivity contribution in [3.8, 4) is 0 Å². The van der Waals surface area contributed by atoms with Crippen molar-refractivity contribution in [2.45, 2.75) is 12.5 Å². The number of carbonyl (C=O) groups excluding carboxylic acids is 1. The molecule has 1 N–H and O–H groups in total. The smallest absolute Gasteiger partial charge is 0.373 e. The molecule has 4 nitrogen and oxygen atoms in total. The molecule has 1 aromatic carbocycles. The number of hydrogen-bond donors (Lipinski definition) is 1. The summed E-state index contributed by atoms with van der Waals surface area (Å²) in [5.74, 6) is -2.24. The molecule has 1 atom stereocenters. The Morgan fingerprint density at radius 1 is 1.30 bits per heavy atom. The molecule has 1 aromatic heterocycles. The molecule has 2 aromatic rings. The molecule has 0 aliphatic rings. The second kappa shape index (κ2) is 5.83. The molecule has 6 heteroatoms. The van der Waals surface area contributed by atoms with Crippen LogP contribution in [-0.2, 0) is 11.2 Å². The van der Waals surface area contributed by atoms with Crippen LogP contribution in [0, 0.1) is 11.6 Å². The van der Waals surface area contributed by atoms with Gasteiger partial charge in [0, 0.05) is 12.0 Å². The van der Waals surface area contributed by atoms with E-state index in [1.54, 1.807) is 0 Å². The molecule has 0 saturated carbocycles. The van der Waals surface area contributed by atoms with E-state index in [0.29, 0.717) is 0 Å². The van der Waals surface area contributed by atoms with Gasteiger partial charge in [-0.15, -0.1) is 0 Å². The van der Waals surface area contributed by atoms with E-state index in [9.17, 15) is 18.7 Å². The Morgan fingerprint density at radius 2 is 1.95 bits per heavy atom. The number of ether oxygens (including phenoxy) is 1. The van der Waals surface area contributed by atoms with Gasteiger partial charge in [0.05, 0.1) is 7.11 Å². The second-order valence-electron chi connectivity index (χ2n) is 4.11. The monoisotopic (exact) mass is 282 g/mol. The first-order valence-corrected chi connectivity index (χ1v) is 5.82. The number of aliphatic hydroxyl groups is 1. The van der Waals surface area contributed by atoms with Gasteiger partial charge >= 0.3 is 5.97 Å². The van der Waals surface area contributed by atoms with Crippen molar-refractivity contribution in [2.75, 3.05) is 7.11 Å². The highest BCUT2D eigenvalue weighted by atomic mass is 19.1. The molecule has 0 aliphatic carbocycles. The number of aliphatic hydroxyl groups excluding tert-OH is 1. The van der Waals surface area contributed by atoms with E-state index in [1.165, 1.54) is 25.3 Å². The van der Waals surface area contributed by atoms with Gasteiger partial charge < -0.3 is 14.3 Å². The largest absolute Gasteiger partial charge is 0.463 e. The highest BCUT2D eigenvalue weighted by molar-refractivity contribution is 5.86. The first kappa shape index (κ1) is 14.2. The van der Waals surface area contributed by atoms with Crippen LogP contribution in [0.3, 0.4) is 0 Å². The van der Waals surface area contributed by atoms with Gasteiger partial charge in [-0.1, -0.05) is 6.07 Å². The summed E-state index contributed by atoms with van der Waals surface area (Å²) in [7, 11) is 1.19. The van der Waals surface area contributed by atoms with Crippen molar-refractivity contribution < 1.29 is 27.8 Å². The predicted octanol–water partition coefficient (Wildman–Crippen LogP) is 2.62. The number of halogens is 2. The molecular weight excluding hydrogens is 270 g/mol. The number of methoxy groups -OCH3 is 1. The third-order valence-corrected chi connectivity index (χ3v) is 2.80. The summed E-state index contributed by atoms with van der Waals surface area (Å²) in [6, 6.07) is 6.13. The van der Waals surface area contributed by atoms with Crippen molar-refractivity contribution in [2.24, 2.45) is 0 Å². The van der Waals surface area contributed by atoms with Crippen LogP contribution in [0.2, 0.25) is 0 Å². The van der Waals surface area contributed by atoms with Crippen LogP contribution in [0.1, 0.15) is 28.0 Å². The Balaban J connectivity index is 2.18. The number of carbonyl (C=O) groups is 1. The van der Waals surface area contributed by atoms with Gasteiger partial charge in [-0.25, -0.2) is 13.6 Å². The minimum atomic E-state index is -1.26. The number of benzene rings is 1.